The molecule has 3 rings (SSSR count). The Balaban J connectivity index is 1.83. The first-order valence-electron chi connectivity index (χ1n) is 7.37. The van der Waals surface area contributed by atoms with Crippen molar-refractivity contribution in [3.63, 3.8) is 0 Å². The molecule has 2 heterocycles. The maximum Gasteiger partial charge on any atom is 0.274 e. The number of pyridine rings is 1. The lowest BCUT2D eigenvalue weighted by Crippen LogP contribution is -2.27. The summed E-state index contributed by atoms with van der Waals surface area (Å²) in [6, 6.07) is 13.1. The van der Waals surface area contributed by atoms with Crippen LogP contribution in [0.2, 0.25) is 0 Å². The van der Waals surface area contributed by atoms with Crippen molar-refractivity contribution in [1.82, 2.24) is 15.3 Å². The fourth-order valence-electron chi connectivity index (χ4n) is 2.37. The highest BCUT2D eigenvalue weighted by molar-refractivity contribution is 5.97. The predicted molar refractivity (Wildman–Crippen MR) is 86.8 cm³/mol. The molecule has 2 aromatic heterocycles. The zero-order chi connectivity index (χ0) is 16.2. The third kappa shape index (κ3) is 3.29. The van der Waals surface area contributed by atoms with Crippen molar-refractivity contribution in [2.75, 3.05) is 0 Å². The molecular weight excluding hydrogens is 290 g/mol. The van der Waals surface area contributed by atoms with Gasteiger partial charge >= 0.3 is 0 Å². The van der Waals surface area contributed by atoms with Gasteiger partial charge in [0.15, 0.2) is 17.8 Å². The summed E-state index contributed by atoms with van der Waals surface area (Å²) in [4.78, 5) is 20.8. The van der Waals surface area contributed by atoms with E-state index in [2.05, 4.69) is 15.3 Å². The van der Waals surface area contributed by atoms with Crippen LogP contribution in [-0.4, -0.2) is 15.9 Å². The summed E-state index contributed by atoms with van der Waals surface area (Å²) >= 11 is 0. The normalized spacial score (nSPS) is 11.9. The lowest BCUT2D eigenvalue weighted by atomic mass is 10.1. The molecule has 0 saturated heterocycles. The number of hydrogen-bond donors (Lipinski definition) is 1. The van der Waals surface area contributed by atoms with Gasteiger partial charge in [0.05, 0.1) is 11.7 Å². The molecule has 5 heteroatoms. The molecule has 0 unspecified atom stereocenters. The molecule has 0 aliphatic carbocycles. The Labute approximate surface area is 134 Å². The van der Waals surface area contributed by atoms with E-state index in [1.54, 1.807) is 6.20 Å². The van der Waals surface area contributed by atoms with Crippen LogP contribution in [0, 0.1) is 6.92 Å². The van der Waals surface area contributed by atoms with Gasteiger partial charge in [-0.1, -0.05) is 29.8 Å². The van der Waals surface area contributed by atoms with E-state index in [0.717, 1.165) is 16.8 Å². The summed E-state index contributed by atoms with van der Waals surface area (Å²) in [6.07, 6.45) is 2.99. The van der Waals surface area contributed by atoms with Crippen LogP contribution in [0.25, 0.3) is 11.3 Å². The Morgan fingerprint density at radius 2 is 2.04 bits per heavy atom. The maximum atomic E-state index is 12.5. The standard InChI is InChI=1S/C18H17N3O2/c1-12-6-5-7-14(10-12)17-16(20-11-23-17)18(22)21-13(2)15-8-3-4-9-19-15/h3-11,13H,1-2H3,(H,21,22)/t13-/m1/s1. The van der Waals surface area contributed by atoms with E-state index in [9.17, 15) is 4.79 Å². The number of oxazole rings is 1. The van der Waals surface area contributed by atoms with Gasteiger partial charge in [0, 0.05) is 11.8 Å². The maximum absolute atomic E-state index is 12.5. The molecule has 1 atom stereocenters. The van der Waals surface area contributed by atoms with Gasteiger partial charge in [0.25, 0.3) is 5.91 Å². The van der Waals surface area contributed by atoms with E-state index in [1.165, 1.54) is 6.39 Å². The van der Waals surface area contributed by atoms with Gasteiger partial charge < -0.3 is 9.73 Å². The van der Waals surface area contributed by atoms with Crippen molar-refractivity contribution in [1.29, 1.82) is 0 Å². The molecule has 1 N–H and O–H groups in total. The van der Waals surface area contributed by atoms with Crippen LogP contribution >= 0.6 is 0 Å². The van der Waals surface area contributed by atoms with Gasteiger partial charge in [-0.05, 0) is 32.0 Å². The molecule has 0 spiro atoms. The Morgan fingerprint density at radius 3 is 2.78 bits per heavy atom. The number of aryl methyl sites for hydroxylation is 1. The molecule has 23 heavy (non-hydrogen) atoms. The van der Waals surface area contributed by atoms with E-state index in [4.69, 9.17) is 4.42 Å². The van der Waals surface area contributed by atoms with Crippen molar-refractivity contribution in [3.8, 4) is 11.3 Å². The number of amides is 1. The molecule has 0 aliphatic heterocycles. The molecule has 5 nitrogen and oxygen atoms in total. The van der Waals surface area contributed by atoms with Gasteiger partial charge in [-0.3, -0.25) is 9.78 Å². The van der Waals surface area contributed by atoms with Crippen molar-refractivity contribution < 1.29 is 9.21 Å². The number of hydrogen-bond acceptors (Lipinski definition) is 4. The van der Waals surface area contributed by atoms with Crippen LogP contribution in [0.3, 0.4) is 0 Å². The third-order valence-electron chi connectivity index (χ3n) is 3.54. The Kier molecular flexibility index (Phi) is 4.19. The summed E-state index contributed by atoms with van der Waals surface area (Å²) in [5.41, 5.74) is 2.99. The van der Waals surface area contributed by atoms with Crippen molar-refractivity contribution in [2.24, 2.45) is 0 Å². The van der Waals surface area contributed by atoms with E-state index in [-0.39, 0.29) is 17.6 Å². The first-order chi connectivity index (χ1) is 11.1. The first-order valence-corrected chi connectivity index (χ1v) is 7.37. The van der Waals surface area contributed by atoms with Gasteiger partial charge in [-0.2, -0.15) is 0 Å². The van der Waals surface area contributed by atoms with Crippen LogP contribution in [-0.2, 0) is 0 Å². The molecule has 0 radical (unpaired) electrons. The first kappa shape index (κ1) is 15.0. The highest BCUT2D eigenvalue weighted by atomic mass is 16.3. The number of nitrogens with zero attached hydrogens (tertiary/aromatic N) is 2. The minimum atomic E-state index is -0.284. The predicted octanol–water partition coefficient (Wildman–Crippen LogP) is 3.54. The molecular formula is C18H17N3O2. The van der Waals surface area contributed by atoms with Crippen LogP contribution in [0.5, 0.6) is 0 Å². The fourth-order valence-corrected chi connectivity index (χ4v) is 2.37. The van der Waals surface area contributed by atoms with Gasteiger partial charge in [-0.15, -0.1) is 0 Å². The molecule has 1 amide bonds. The molecule has 1 aromatic carbocycles. The molecule has 0 saturated carbocycles. The van der Waals surface area contributed by atoms with E-state index >= 15 is 0 Å². The quantitative estimate of drug-likeness (QED) is 0.800. The summed E-state index contributed by atoms with van der Waals surface area (Å²) in [6.45, 7) is 3.87. The van der Waals surface area contributed by atoms with E-state index in [0.29, 0.717) is 5.76 Å². The zero-order valence-electron chi connectivity index (χ0n) is 13.0. The summed E-state index contributed by atoms with van der Waals surface area (Å²) in [7, 11) is 0. The Morgan fingerprint density at radius 1 is 1.17 bits per heavy atom. The highest BCUT2D eigenvalue weighted by Crippen LogP contribution is 2.24. The Hall–Kier alpha value is -2.95. The van der Waals surface area contributed by atoms with Crippen LogP contribution in [0.1, 0.15) is 34.7 Å². The van der Waals surface area contributed by atoms with Gasteiger partial charge in [-0.25, -0.2) is 4.98 Å². The SMILES string of the molecule is Cc1cccc(-c2ocnc2C(=O)N[C@H](C)c2ccccn2)c1. The lowest BCUT2D eigenvalue weighted by Gasteiger charge is -2.12. The number of aromatic nitrogens is 2. The summed E-state index contributed by atoms with van der Waals surface area (Å²) < 4.78 is 5.43. The van der Waals surface area contributed by atoms with E-state index < -0.39 is 0 Å². The largest absolute Gasteiger partial charge is 0.443 e. The summed E-state index contributed by atoms with van der Waals surface area (Å²) in [5, 5.41) is 2.90. The summed E-state index contributed by atoms with van der Waals surface area (Å²) in [5.74, 6) is 0.188. The Bertz CT molecular complexity index is 812. The van der Waals surface area contributed by atoms with Crippen molar-refractivity contribution >= 4 is 5.91 Å². The third-order valence-corrected chi connectivity index (χ3v) is 3.54. The molecule has 0 aliphatic rings. The fraction of sp³-hybridized carbons (Fsp3) is 0.167. The monoisotopic (exact) mass is 307 g/mol. The number of carbonyl (C=O) groups is 1. The van der Waals surface area contributed by atoms with Crippen LogP contribution in [0.4, 0.5) is 0 Å². The molecule has 0 fully saturated rings. The minimum absolute atomic E-state index is 0.217. The zero-order valence-corrected chi connectivity index (χ0v) is 13.0. The van der Waals surface area contributed by atoms with Crippen molar-refractivity contribution in [2.45, 2.75) is 19.9 Å². The second-order valence-corrected chi connectivity index (χ2v) is 5.35. The topological polar surface area (TPSA) is 68.0 Å². The highest BCUT2D eigenvalue weighted by Gasteiger charge is 2.20. The van der Waals surface area contributed by atoms with Crippen LogP contribution < -0.4 is 5.32 Å². The number of rotatable bonds is 4. The molecule has 0 bridgehead atoms. The molecule has 3 aromatic rings. The average molecular weight is 307 g/mol. The number of nitrogens with one attached hydrogen (secondary N) is 1. The molecule has 116 valence electrons. The van der Waals surface area contributed by atoms with Crippen LogP contribution in [0.15, 0.2) is 59.5 Å². The number of carbonyl (C=O) groups excluding carboxylic acids is 1. The second-order valence-electron chi connectivity index (χ2n) is 5.35. The smallest absolute Gasteiger partial charge is 0.274 e. The average Bonchev–Trinajstić information content (AvgIpc) is 3.05. The van der Waals surface area contributed by atoms with Gasteiger partial charge in [0.1, 0.15) is 0 Å². The second kappa shape index (κ2) is 6.44. The van der Waals surface area contributed by atoms with E-state index in [1.807, 2.05) is 56.3 Å². The van der Waals surface area contributed by atoms with Gasteiger partial charge in [0.2, 0.25) is 0 Å². The minimum Gasteiger partial charge on any atom is -0.443 e. The number of benzene rings is 1. The van der Waals surface area contributed by atoms with Crippen molar-refractivity contribution in [3.05, 3.63) is 72.0 Å². The lowest BCUT2D eigenvalue weighted by molar-refractivity contribution is 0.0935.